The molecule has 2 aromatic carbocycles. The summed E-state index contributed by atoms with van der Waals surface area (Å²) in [5.74, 6) is -0.188. The Balaban J connectivity index is 0.00000243. The number of carbonyl (C=O) groups excluding carboxylic acids is 2. The van der Waals surface area contributed by atoms with Gasteiger partial charge in [-0.05, 0) is 62.2 Å². The molecule has 1 aliphatic heterocycles. The molecule has 5 nitrogen and oxygen atoms in total. The highest BCUT2D eigenvalue weighted by Gasteiger charge is 2.15. The van der Waals surface area contributed by atoms with Crippen molar-refractivity contribution in [2.24, 2.45) is 0 Å². The molecule has 0 radical (unpaired) electrons. The zero-order valence-electron chi connectivity index (χ0n) is 15.0. The average molecular weight is 374 g/mol. The van der Waals surface area contributed by atoms with Crippen LogP contribution in [0.1, 0.15) is 40.1 Å². The quantitative estimate of drug-likeness (QED) is 0.837. The Morgan fingerprint density at radius 3 is 2.58 bits per heavy atom. The highest BCUT2D eigenvalue weighted by Crippen LogP contribution is 2.23. The number of nitrogens with one attached hydrogen (secondary N) is 2. The van der Waals surface area contributed by atoms with Gasteiger partial charge in [0, 0.05) is 42.1 Å². The predicted octanol–water partition coefficient (Wildman–Crippen LogP) is 3.81. The summed E-state index contributed by atoms with van der Waals surface area (Å²) in [6.45, 7) is 6.14. The fourth-order valence-electron chi connectivity index (χ4n) is 3.07. The van der Waals surface area contributed by atoms with Crippen LogP contribution < -0.4 is 10.6 Å². The van der Waals surface area contributed by atoms with Crippen LogP contribution in [0.5, 0.6) is 0 Å². The van der Waals surface area contributed by atoms with Gasteiger partial charge in [-0.25, -0.2) is 0 Å². The maximum atomic E-state index is 12.5. The van der Waals surface area contributed by atoms with Crippen molar-refractivity contribution in [1.82, 2.24) is 4.90 Å². The maximum absolute atomic E-state index is 12.5. The molecule has 0 spiro atoms. The van der Waals surface area contributed by atoms with Gasteiger partial charge < -0.3 is 15.5 Å². The molecule has 1 heterocycles. The van der Waals surface area contributed by atoms with Crippen molar-refractivity contribution in [1.29, 1.82) is 0 Å². The van der Waals surface area contributed by atoms with Crippen molar-refractivity contribution in [2.45, 2.75) is 20.3 Å². The average Bonchev–Trinajstić information content (AvgIpc) is 3.10. The Labute approximate surface area is 160 Å². The van der Waals surface area contributed by atoms with Gasteiger partial charge in [0.15, 0.2) is 0 Å². The van der Waals surface area contributed by atoms with Crippen molar-refractivity contribution in [3.63, 3.8) is 0 Å². The first kappa shape index (κ1) is 19.8. The third-order valence-corrected chi connectivity index (χ3v) is 4.50. The summed E-state index contributed by atoms with van der Waals surface area (Å²) in [5, 5.41) is 6.17. The molecule has 3 rings (SSSR count). The van der Waals surface area contributed by atoms with E-state index >= 15 is 0 Å². The molecule has 26 heavy (non-hydrogen) atoms. The molecule has 6 heteroatoms. The molecule has 138 valence electrons. The normalized spacial score (nSPS) is 11.8. The van der Waals surface area contributed by atoms with Gasteiger partial charge in [0.05, 0.1) is 0 Å². The fraction of sp³-hybridized carbons (Fsp3) is 0.300. The lowest BCUT2D eigenvalue weighted by Crippen LogP contribution is -2.30. The van der Waals surface area contributed by atoms with Crippen molar-refractivity contribution in [2.75, 3.05) is 30.3 Å². The number of nitrogens with zero attached hydrogens (tertiary/aromatic N) is 1. The molecule has 0 saturated heterocycles. The van der Waals surface area contributed by atoms with Crippen LogP contribution in [-0.2, 0) is 6.42 Å². The van der Waals surface area contributed by atoms with Crippen LogP contribution in [0.3, 0.4) is 0 Å². The van der Waals surface area contributed by atoms with Gasteiger partial charge in [-0.1, -0.05) is 6.07 Å². The molecule has 0 saturated carbocycles. The molecular formula is C20H24ClN3O2. The highest BCUT2D eigenvalue weighted by atomic mass is 35.5. The van der Waals surface area contributed by atoms with Crippen LogP contribution in [0, 0.1) is 0 Å². The minimum absolute atomic E-state index is 0. The smallest absolute Gasteiger partial charge is 0.255 e. The minimum atomic E-state index is -0.165. The van der Waals surface area contributed by atoms with Crippen molar-refractivity contribution in [3.8, 4) is 0 Å². The predicted molar refractivity (Wildman–Crippen MR) is 108 cm³/mol. The molecule has 2 N–H and O–H groups in total. The van der Waals surface area contributed by atoms with Crippen molar-refractivity contribution >= 4 is 35.6 Å². The van der Waals surface area contributed by atoms with E-state index in [0.29, 0.717) is 29.9 Å². The standard InChI is InChI=1S/C20H23N3O2.ClH/c1-3-23(4-2)20(25)16-6-5-7-17(13-16)22-19(24)15-8-9-18-14(12-15)10-11-21-18;/h5-9,12-13,21H,3-4,10-11H2,1-2H3,(H,22,24);1H. The third kappa shape index (κ3) is 4.17. The molecule has 2 amide bonds. The zero-order valence-corrected chi connectivity index (χ0v) is 15.9. The van der Waals surface area contributed by atoms with Crippen LogP contribution in [0.4, 0.5) is 11.4 Å². The number of hydrogen-bond acceptors (Lipinski definition) is 3. The number of halogens is 1. The van der Waals surface area contributed by atoms with Gasteiger partial charge in [0.2, 0.25) is 0 Å². The molecule has 0 aliphatic carbocycles. The molecule has 2 aromatic rings. The summed E-state index contributed by atoms with van der Waals surface area (Å²) in [6, 6.07) is 12.8. The number of carbonyl (C=O) groups is 2. The van der Waals surface area contributed by atoms with Crippen LogP contribution in [0.25, 0.3) is 0 Å². The van der Waals surface area contributed by atoms with Crippen LogP contribution in [0.15, 0.2) is 42.5 Å². The van der Waals surface area contributed by atoms with Crippen LogP contribution in [-0.4, -0.2) is 36.3 Å². The highest BCUT2D eigenvalue weighted by molar-refractivity contribution is 6.05. The van der Waals surface area contributed by atoms with Gasteiger partial charge in [0.25, 0.3) is 11.8 Å². The van der Waals surface area contributed by atoms with Crippen molar-refractivity contribution < 1.29 is 9.59 Å². The molecule has 1 aliphatic rings. The summed E-state index contributed by atoms with van der Waals surface area (Å²) in [4.78, 5) is 26.7. The molecular weight excluding hydrogens is 350 g/mol. The van der Waals surface area contributed by atoms with Gasteiger partial charge in [-0.3, -0.25) is 9.59 Å². The first-order chi connectivity index (χ1) is 12.1. The van der Waals surface area contributed by atoms with E-state index in [-0.39, 0.29) is 24.2 Å². The topological polar surface area (TPSA) is 61.4 Å². The van der Waals surface area contributed by atoms with Crippen molar-refractivity contribution in [3.05, 3.63) is 59.2 Å². The van der Waals surface area contributed by atoms with E-state index in [4.69, 9.17) is 0 Å². The molecule has 0 fully saturated rings. The second-order valence-corrected chi connectivity index (χ2v) is 6.06. The largest absolute Gasteiger partial charge is 0.384 e. The summed E-state index contributed by atoms with van der Waals surface area (Å²) < 4.78 is 0. The monoisotopic (exact) mass is 373 g/mol. The van der Waals surface area contributed by atoms with Gasteiger partial charge in [0.1, 0.15) is 0 Å². The van der Waals surface area contributed by atoms with Crippen LogP contribution in [0.2, 0.25) is 0 Å². The van der Waals surface area contributed by atoms with Crippen LogP contribution >= 0.6 is 12.4 Å². The van der Waals surface area contributed by atoms with E-state index in [9.17, 15) is 9.59 Å². The van der Waals surface area contributed by atoms with Gasteiger partial charge in [-0.15, -0.1) is 12.4 Å². The van der Waals surface area contributed by atoms with E-state index in [1.54, 1.807) is 29.2 Å². The summed E-state index contributed by atoms with van der Waals surface area (Å²) in [6.07, 6.45) is 0.935. The minimum Gasteiger partial charge on any atom is -0.384 e. The number of rotatable bonds is 5. The summed E-state index contributed by atoms with van der Waals surface area (Å²) >= 11 is 0. The molecule has 0 atom stereocenters. The number of hydrogen-bond donors (Lipinski definition) is 2. The molecule has 0 bridgehead atoms. The van der Waals surface area contributed by atoms with Gasteiger partial charge in [-0.2, -0.15) is 0 Å². The Bertz CT molecular complexity index is 803. The lowest BCUT2D eigenvalue weighted by atomic mass is 10.1. The summed E-state index contributed by atoms with van der Waals surface area (Å²) in [5.41, 5.74) is 4.10. The zero-order chi connectivity index (χ0) is 17.8. The Morgan fingerprint density at radius 1 is 1.08 bits per heavy atom. The number of anilines is 2. The Hall–Kier alpha value is -2.53. The first-order valence-corrected chi connectivity index (χ1v) is 8.70. The third-order valence-electron chi connectivity index (χ3n) is 4.50. The lowest BCUT2D eigenvalue weighted by Gasteiger charge is -2.19. The van der Waals surface area contributed by atoms with E-state index in [1.165, 1.54) is 0 Å². The Kier molecular flexibility index (Phi) is 6.64. The Morgan fingerprint density at radius 2 is 1.85 bits per heavy atom. The number of amides is 2. The number of fused-ring (bicyclic) bond motifs is 1. The van der Waals surface area contributed by atoms with E-state index in [1.807, 2.05) is 32.0 Å². The SMILES string of the molecule is CCN(CC)C(=O)c1cccc(NC(=O)c2ccc3c(c2)CCN3)c1.Cl. The maximum Gasteiger partial charge on any atom is 0.255 e. The second-order valence-electron chi connectivity index (χ2n) is 6.06. The second kappa shape index (κ2) is 8.72. The lowest BCUT2D eigenvalue weighted by molar-refractivity contribution is 0.0772. The first-order valence-electron chi connectivity index (χ1n) is 8.70. The van der Waals surface area contributed by atoms with E-state index in [0.717, 1.165) is 24.2 Å². The molecule has 0 aromatic heterocycles. The summed E-state index contributed by atoms with van der Waals surface area (Å²) in [7, 11) is 0. The van der Waals surface area contributed by atoms with E-state index < -0.39 is 0 Å². The fourth-order valence-corrected chi connectivity index (χ4v) is 3.07. The molecule has 0 unspecified atom stereocenters. The number of benzene rings is 2. The van der Waals surface area contributed by atoms with Gasteiger partial charge >= 0.3 is 0 Å². The van der Waals surface area contributed by atoms with E-state index in [2.05, 4.69) is 10.6 Å².